The number of nitrogens with one attached hydrogen (secondary N) is 1. The molecule has 2 saturated heterocycles. The summed E-state index contributed by atoms with van der Waals surface area (Å²) in [6, 6.07) is 6.12. The summed E-state index contributed by atoms with van der Waals surface area (Å²) < 4.78 is 16.5. The average Bonchev–Trinajstić information content (AvgIpc) is 3.52. The molecule has 2 fully saturated rings. The Morgan fingerprint density at radius 2 is 1.71 bits per heavy atom. The maximum atomic E-state index is 14.6. The Kier molecular flexibility index (Phi) is 8.51. The van der Waals surface area contributed by atoms with Crippen LogP contribution in [0.15, 0.2) is 36.7 Å². The molecule has 1 N–H and O–H groups in total. The van der Waals surface area contributed by atoms with Crippen LogP contribution in [-0.4, -0.2) is 74.2 Å². The molecule has 224 valence electrons. The highest BCUT2D eigenvalue weighted by molar-refractivity contribution is 6.11. The van der Waals surface area contributed by atoms with Crippen molar-refractivity contribution in [2.75, 3.05) is 13.1 Å². The lowest BCUT2D eigenvalue weighted by Gasteiger charge is -2.33. The third-order valence-electron chi connectivity index (χ3n) is 8.88. The number of carbonyl (C=O) groups is 3. The minimum absolute atomic E-state index is 0.0307. The molecule has 0 spiro atoms. The molecule has 5 rings (SSSR count). The number of carbonyl (C=O) groups excluding carboxylic acids is 3. The van der Waals surface area contributed by atoms with E-state index in [-0.39, 0.29) is 47.2 Å². The first kappa shape index (κ1) is 29.9. The lowest BCUT2D eigenvalue weighted by atomic mass is 9.87. The molecule has 0 aliphatic carbocycles. The van der Waals surface area contributed by atoms with E-state index in [1.807, 2.05) is 50.2 Å². The molecule has 2 aliphatic rings. The molecule has 0 unspecified atom stereocenters. The van der Waals surface area contributed by atoms with Gasteiger partial charge in [-0.2, -0.15) is 0 Å². The predicted octanol–water partition coefficient (Wildman–Crippen LogP) is 5.29. The number of amides is 2. The molecule has 0 saturated carbocycles. The van der Waals surface area contributed by atoms with Crippen molar-refractivity contribution in [3.8, 4) is 5.69 Å². The third kappa shape index (κ3) is 5.46. The number of hydrogen-bond acceptors (Lipinski definition) is 5. The summed E-state index contributed by atoms with van der Waals surface area (Å²) in [7, 11) is 0. The standard InChI is InChI=1S/C33H42FN5O3/c1-19(2)38(20(3)4)32(41)26-17-24(34)8-10-28(26)39-22(6)30(25-11-14-35-18-29(25)39)31(40)23-12-15-37(16-13-23)33(42)27-9-7-21(5)36-27/h8,10-11,14,17-21,23,27,36H,7,9,12-13,15-16H2,1-6H3/t21-,27-/m0/s1. The number of hydrogen-bond donors (Lipinski definition) is 1. The minimum atomic E-state index is -0.498. The zero-order valence-corrected chi connectivity index (χ0v) is 25.5. The van der Waals surface area contributed by atoms with Gasteiger partial charge in [0.25, 0.3) is 5.91 Å². The molecule has 2 amide bonds. The van der Waals surface area contributed by atoms with Crippen LogP contribution in [0.1, 0.15) is 86.7 Å². The molecular formula is C33H42FN5O3. The molecular weight excluding hydrogens is 533 g/mol. The Bertz CT molecular complexity index is 1500. The lowest BCUT2D eigenvalue weighted by molar-refractivity contribution is -0.134. The van der Waals surface area contributed by atoms with Gasteiger partial charge in [-0.1, -0.05) is 0 Å². The SMILES string of the molecule is Cc1c(C(=O)C2CCN(C(=O)[C@@H]3CC[C@H](C)N3)CC2)c2ccncc2n1-c1ccc(F)cc1C(=O)N(C(C)C)C(C)C. The number of likely N-dealkylation sites (tertiary alicyclic amines) is 1. The first-order valence-electron chi connectivity index (χ1n) is 15.2. The van der Waals surface area contributed by atoms with Gasteiger partial charge in [0.1, 0.15) is 5.82 Å². The number of piperidine rings is 1. The van der Waals surface area contributed by atoms with Gasteiger partial charge in [-0.05, 0) is 91.5 Å². The normalized spacial score (nSPS) is 19.7. The van der Waals surface area contributed by atoms with Crippen molar-refractivity contribution in [3.63, 3.8) is 0 Å². The number of halogens is 1. The number of aromatic nitrogens is 2. The van der Waals surface area contributed by atoms with Crippen molar-refractivity contribution in [1.82, 2.24) is 24.7 Å². The fraction of sp³-hybridized carbons (Fsp3) is 0.515. The molecule has 1 aromatic carbocycles. The van der Waals surface area contributed by atoms with E-state index >= 15 is 0 Å². The highest BCUT2D eigenvalue weighted by Gasteiger charge is 2.35. The van der Waals surface area contributed by atoms with E-state index < -0.39 is 5.82 Å². The highest BCUT2D eigenvalue weighted by Crippen LogP contribution is 2.34. The second kappa shape index (κ2) is 12.0. The summed E-state index contributed by atoms with van der Waals surface area (Å²) >= 11 is 0. The van der Waals surface area contributed by atoms with Crippen LogP contribution in [0.3, 0.4) is 0 Å². The van der Waals surface area contributed by atoms with Crippen molar-refractivity contribution < 1.29 is 18.8 Å². The molecule has 2 aliphatic heterocycles. The molecule has 0 bridgehead atoms. The van der Waals surface area contributed by atoms with E-state index in [0.717, 1.165) is 18.2 Å². The third-order valence-corrected chi connectivity index (χ3v) is 8.88. The van der Waals surface area contributed by atoms with Crippen LogP contribution in [0, 0.1) is 18.7 Å². The van der Waals surface area contributed by atoms with Gasteiger partial charge in [0.05, 0.1) is 29.0 Å². The maximum Gasteiger partial charge on any atom is 0.256 e. The molecule has 3 aromatic rings. The van der Waals surface area contributed by atoms with Gasteiger partial charge in [-0.15, -0.1) is 0 Å². The zero-order chi connectivity index (χ0) is 30.3. The van der Waals surface area contributed by atoms with Crippen LogP contribution >= 0.6 is 0 Å². The fourth-order valence-electron chi connectivity index (χ4n) is 6.87. The molecule has 42 heavy (non-hydrogen) atoms. The van der Waals surface area contributed by atoms with E-state index in [1.54, 1.807) is 23.4 Å². The summed E-state index contributed by atoms with van der Waals surface area (Å²) in [5.74, 6) is -0.822. The van der Waals surface area contributed by atoms with Gasteiger partial charge in [0.15, 0.2) is 5.78 Å². The summed E-state index contributed by atoms with van der Waals surface area (Å²) in [5, 5.41) is 4.13. The van der Waals surface area contributed by atoms with Crippen LogP contribution in [0.4, 0.5) is 4.39 Å². The number of pyridine rings is 1. The Morgan fingerprint density at radius 1 is 1.02 bits per heavy atom. The molecule has 2 aromatic heterocycles. The largest absolute Gasteiger partial charge is 0.341 e. The Morgan fingerprint density at radius 3 is 2.33 bits per heavy atom. The molecule has 9 heteroatoms. The van der Waals surface area contributed by atoms with E-state index in [2.05, 4.69) is 17.2 Å². The maximum absolute atomic E-state index is 14.6. The van der Waals surface area contributed by atoms with Crippen molar-refractivity contribution in [2.45, 2.75) is 91.4 Å². The van der Waals surface area contributed by atoms with Gasteiger partial charge >= 0.3 is 0 Å². The van der Waals surface area contributed by atoms with Gasteiger partial charge in [0, 0.05) is 60.0 Å². The zero-order valence-electron chi connectivity index (χ0n) is 25.5. The summed E-state index contributed by atoms with van der Waals surface area (Å²) in [6.07, 6.45) is 6.40. The van der Waals surface area contributed by atoms with Crippen molar-refractivity contribution in [1.29, 1.82) is 0 Å². The Balaban J connectivity index is 1.49. The van der Waals surface area contributed by atoms with E-state index in [0.29, 0.717) is 54.4 Å². The molecule has 8 nitrogen and oxygen atoms in total. The molecule has 4 heterocycles. The van der Waals surface area contributed by atoms with Crippen LogP contribution in [0.2, 0.25) is 0 Å². The first-order valence-corrected chi connectivity index (χ1v) is 15.2. The van der Waals surface area contributed by atoms with Gasteiger partial charge in [-0.3, -0.25) is 19.4 Å². The van der Waals surface area contributed by atoms with Crippen LogP contribution in [-0.2, 0) is 4.79 Å². The van der Waals surface area contributed by atoms with Crippen LogP contribution < -0.4 is 5.32 Å². The van der Waals surface area contributed by atoms with Crippen LogP contribution in [0.25, 0.3) is 16.6 Å². The number of Topliss-reactive ketones (excluding diaryl/α,β-unsaturated/α-hetero) is 1. The topological polar surface area (TPSA) is 87.5 Å². The van der Waals surface area contributed by atoms with Gasteiger partial charge < -0.3 is 19.7 Å². The van der Waals surface area contributed by atoms with Crippen molar-refractivity contribution >= 4 is 28.5 Å². The second-order valence-electron chi connectivity index (χ2n) is 12.4. The van der Waals surface area contributed by atoms with Gasteiger partial charge in [0.2, 0.25) is 5.91 Å². The number of benzene rings is 1. The number of fused-ring (bicyclic) bond motifs is 1. The number of rotatable bonds is 7. The molecule has 2 atom stereocenters. The lowest BCUT2D eigenvalue weighted by Crippen LogP contribution is -2.48. The fourth-order valence-corrected chi connectivity index (χ4v) is 6.87. The van der Waals surface area contributed by atoms with Crippen LogP contribution in [0.5, 0.6) is 0 Å². The van der Waals surface area contributed by atoms with Crippen molar-refractivity contribution in [2.24, 2.45) is 5.92 Å². The average molecular weight is 576 g/mol. The minimum Gasteiger partial charge on any atom is -0.341 e. The number of ketones is 1. The van der Waals surface area contributed by atoms with Gasteiger partial charge in [-0.25, -0.2) is 4.39 Å². The van der Waals surface area contributed by atoms with E-state index in [9.17, 15) is 18.8 Å². The van der Waals surface area contributed by atoms with E-state index in [1.165, 1.54) is 12.1 Å². The monoisotopic (exact) mass is 575 g/mol. The number of nitrogens with zero attached hydrogens (tertiary/aromatic N) is 4. The first-order chi connectivity index (χ1) is 20.0. The summed E-state index contributed by atoms with van der Waals surface area (Å²) in [4.78, 5) is 49.0. The Labute approximate surface area is 247 Å². The summed E-state index contributed by atoms with van der Waals surface area (Å²) in [6.45, 7) is 12.8. The van der Waals surface area contributed by atoms with E-state index in [4.69, 9.17) is 0 Å². The quantitative estimate of drug-likeness (QED) is 0.387. The second-order valence-corrected chi connectivity index (χ2v) is 12.4. The van der Waals surface area contributed by atoms with Crippen molar-refractivity contribution in [3.05, 3.63) is 59.3 Å². The predicted molar refractivity (Wildman–Crippen MR) is 161 cm³/mol. The smallest absolute Gasteiger partial charge is 0.256 e. The molecule has 0 radical (unpaired) electrons. The highest BCUT2D eigenvalue weighted by atomic mass is 19.1. The summed E-state index contributed by atoms with van der Waals surface area (Å²) in [5.41, 5.74) is 2.72. The Hall–Kier alpha value is -3.59.